The van der Waals surface area contributed by atoms with E-state index in [-0.39, 0.29) is 5.91 Å². The minimum Gasteiger partial charge on any atom is -0.495 e. The number of nitrogens with one attached hydrogen (secondary N) is 2. The van der Waals surface area contributed by atoms with Crippen molar-refractivity contribution in [2.75, 3.05) is 19.0 Å². The Labute approximate surface area is 136 Å². The zero-order chi connectivity index (χ0) is 16.7. The van der Waals surface area contributed by atoms with Gasteiger partial charge in [0.25, 0.3) is 5.91 Å². The summed E-state index contributed by atoms with van der Waals surface area (Å²) in [5.74, 6) is 1.38. The Morgan fingerprint density at radius 2 is 2.04 bits per heavy atom. The minimum absolute atomic E-state index is 0.198. The predicted molar refractivity (Wildman–Crippen MR) is 90.1 cm³/mol. The van der Waals surface area contributed by atoms with Crippen LogP contribution in [0.2, 0.25) is 0 Å². The maximum atomic E-state index is 12.1. The number of benzene rings is 1. The third kappa shape index (κ3) is 4.95. The molecule has 0 atom stereocenters. The van der Waals surface area contributed by atoms with Crippen molar-refractivity contribution in [3.63, 3.8) is 0 Å². The highest BCUT2D eigenvalue weighted by atomic mass is 16.5. The zero-order valence-corrected chi connectivity index (χ0v) is 13.7. The van der Waals surface area contributed by atoms with Gasteiger partial charge in [-0.05, 0) is 30.5 Å². The summed E-state index contributed by atoms with van der Waals surface area (Å²) in [6.45, 7) is 4.87. The van der Waals surface area contributed by atoms with Gasteiger partial charge in [0.1, 0.15) is 11.4 Å². The maximum Gasteiger partial charge on any atom is 0.270 e. The van der Waals surface area contributed by atoms with E-state index >= 15 is 0 Å². The number of methoxy groups -OCH3 is 1. The molecule has 6 heteroatoms. The first-order valence-electron chi connectivity index (χ1n) is 7.61. The molecule has 0 radical (unpaired) electrons. The maximum absolute atomic E-state index is 12.1. The highest BCUT2D eigenvalue weighted by Crippen LogP contribution is 2.25. The van der Waals surface area contributed by atoms with Gasteiger partial charge in [0.15, 0.2) is 0 Å². The summed E-state index contributed by atoms with van der Waals surface area (Å²) in [5.41, 5.74) is 1.08. The van der Waals surface area contributed by atoms with Gasteiger partial charge in [-0.2, -0.15) is 0 Å². The second-order valence-corrected chi connectivity index (χ2v) is 5.53. The van der Waals surface area contributed by atoms with E-state index in [1.165, 1.54) is 0 Å². The topological polar surface area (TPSA) is 76.1 Å². The first kappa shape index (κ1) is 16.7. The van der Waals surface area contributed by atoms with Crippen LogP contribution in [0.15, 0.2) is 36.5 Å². The number of hydrogen-bond donors (Lipinski definition) is 2. The average molecular weight is 314 g/mol. The molecule has 23 heavy (non-hydrogen) atoms. The van der Waals surface area contributed by atoms with Crippen LogP contribution in [0, 0.1) is 5.92 Å². The monoisotopic (exact) mass is 314 g/mol. The summed E-state index contributed by atoms with van der Waals surface area (Å²) in [4.78, 5) is 20.5. The molecule has 2 rings (SSSR count). The summed E-state index contributed by atoms with van der Waals surface area (Å²) in [7, 11) is 1.60. The molecule has 0 aliphatic heterocycles. The van der Waals surface area contributed by atoms with Crippen molar-refractivity contribution in [1.82, 2.24) is 15.3 Å². The number of carbonyl (C=O) groups excluding carboxylic acids is 1. The third-order valence-corrected chi connectivity index (χ3v) is 3.25. The van der Waals surface area contributed by atoms with Crippen molar-refractivity contribution in [3.8, 4) is 5.75 Å². The normalized spacial score (nSPS) is 10.4. The average Bonchev–Trinajstić information content (AvgIpc) is 2.55. The van der Waals surface area contributed by atoms with Crippen molar-refractivity contribution in [1.29, 1.82) is 0 Å². The Kier molecular flexibility index (Phi) is 5.91. The SMILES string of the molecule is COc1ccccc1Nc1nccc(C(=O)NCCC(C)C)n1. The van der Waals surface area contributed by atoms with Gasteiger partial charge in [0, 0.05) is 12.7 Å². The molecule has 2 N–H and O–H groups in total. The van der Waals surface area contributed by atoms with Crippen LogP contribution in [0.1, 0.15) is 30.8 Å². The van der Waals surface area contributed by atoms with E-state index in [0.29, 0.717) is 29.9 Å². The summed E-state index contributed by atoms with van der Waals surface area (Å²) < 4.78 is 5.27. The lowest BCUT2D eigenvalue weighted by Gasteiger charge is -2.10. The fraction of sp³-hybridized carbons (Fsp3) is 0.353. The number of amides is 1. The second-order valence-electron chi connectivity index (χ2n) is 5.53. The van der Waals surface area contributed by atoms with E-state index < -0.39 is 0 Å². The van der Waals surface area contributed by atoms with Crippen LogP contribution < -0.4 is 15.4 Å². The highest BCUT2D eigenvalue weighted by molar-refractivity contribution is 5.92. The number of carbonyl (C=O) groups is 1. The number of hydrogen-bond acceptors (Lipinski definition) is 5. The molecular formula is C17H22N4O2. The standard InChI is InChI=1S/C17H22N4O2/c1-12(2)8-10-18-16(22)14-9-11-19-17(21-14)20-13-6-4-5-7-15(13)23-3/h4-7,9,11-12H,8,10H2,1-3H3,(H,18,22)(H,19,20,21). The van der Waals surface area contributed by atoms with Crippen molar-refractivity contribution in [2.24, 2.45) is 5.92 Å². The Morgan fingerprint density at radius 3 is 2.78 bits per heavy atom. The zero-order valence-electron chi connectivity index (χ0n) is 13.7. The van der Waals surface area contributed by atoms with Crippen LogP contribution in [0.5, 0.6) is 5.75 Å². The van der Waals surface area contributed by atoms with E-state index in [4.69, 9.17) is 4.74 Å². The lowest BCUT2D eigenvalue weighted by atomic mass is 10.1. The molecule has 6 nitrogen and oxygen atoms in total. The first-order valence-corrected chi connectivity index (χ1v) is 7.61. The van der Waals surface area contributed by atoms with Crippen LogP contribution in [0.25, 0.3) is 0 Å². The molecule has 1 amide bonds. The van der Waals surface area contributed by atoms with Gasteiger partial charge < -0.3 is 15.4 Å². The van der Waals surface area contributed by atoms with Crippen molar-refractivity contribution in [2.45, 2.75) is 20.3 Å². The fourth-order valence-corrected chi connectivity index (χ4v) is 1.98. The van der Waals surface area contributed by atoms with E-state index in [1.54, 1.807) is 19.4 Å². The lowest BCUT2D eigenvalue weighted by Crippen LogP contribution is -2.26. The fourth-order valence-electron chi connectivity index (χ4n) is 1.98. The summed E-state index contributed by atoms with van der Waals surface area (Å²) >= 11 is 0. The van der Waals surface area contributed by atoms with Gasteiger partial charge >= 0.3 is 0 Å². The van der Waals surface area contributed by atoms with E-state index in [1.807, 2.05) is 24.3 Å². The summed E-state index contributed by atoms with van der Waals surface area (Å²) in [6.07, 6.45) is 2.49. The minimum atomic E-state index is -0.198. The van der Waals surface area contributed by atoms with Crippen LogP contribution in [-0.2, 0) is 0 Å². The summed E-state index contributed by atoms with van der Waals surface area (Å²) in [5, 5.41) is 5.93. The molecule has 0 saturated carbocycles. The van der Waals surface area contributed by atoms with Crippen molar-refractivity contribution < 1.29 is 9.53 Å². The quantitative estimate of drug-likeness (QED) is 0.821. The van der Waals surface area contributed by atoms with Crippen LogP contribution >= 0.6 is 0 Å². The molecule has 1 heterocycles. The highest BCUT2D eigenvalue weighted by Gasteiger charge is 2.10. The number of aromatic nitrogens is 2. The molecule has 0 aliphatic carbocycles. The number of nitrogens with zero attached hydrogens (tertiary/aromatic N) is 2. The molecule has 0 aliphatic rings. The second kappa shape index (κ2) is 8.12. The Bertz CT molecular complexity index is 659. The number of ether oxygens (including phenoxy) is 1. The van der Waals surface area contributed by atoms with Gasteiger partial charge in [0.05, 0.1) is 12.8 Å². The van der Waals surface area contributed by atoms with Gasteiger partial charge in [-0.25, -0.2) is 9.97 Å². The molecule has 0 spiro atoms. The van der Waals surface area contributed by atoms with Crippen molar-refractivity contribution in [3.05, 3.63) is 42.2 Å². The van der Waals surface area contributed by atoms with Gasteiger partial charge in [-0.3, -0.25) is 4.79 Å². The largest absolute Gasteiger partial charge is 0.495 e. The lowest BCUT2D eigenvalue weighted by molar-refractivity contribution is 0.0947. The molecule has 0 bridgehead atoms. The van der Waals surface area contributed by atoms with E-state index in [2.05, 4.69) is 34.4 Å². The molecule has 0 fully saturated rings. The van der Waals surface area contributed by atoms with Crippen LogP contribution in [-0.4, -0.2) is 29.5 Å². The summed E-state index contributed by atoms with van der Waals surface area (Å²) in [6, 6.07) is 9.05. The van der Waals surface area contributed by atoms with Gasteiger partial charge in [0.2, 0.25) is 5.95 Å². The molecule has 122 valence electrons. The van der Waals surface area contributed by atoms with Gasteiger partial charge in [-0.15, -0.1) is 0 Å². The van der Waals surface area contributed by atoms with Crippen molar-refractivity contribution >= 4 is 17.5 Å². The van der Waals surface area contributed by atoms with Gasteiger partial charge in [-0.1, -0.05) is 26.0 Å². The Hall–Kier alpha value is -2.63. The molecule has 2 aromatic rings. The van der Waals surface area contributed by atoms with Crippen LogP contribution in [0.3, 0.4) is 0 Å². The Balaban J connectivity index is 2.06. The van der Waals surface area contributed by atoms with E-state index in [9.17, 15) is 4.79 Å². The molecule has 1 aromatic heterocycles. The first-order chi connectivity index (χ1) is 11.1. The molecule has 1 aromatic carbocycles. The number of anilines is 2. The smallest absolute Gasteiger partial charge is 0.270 e. The molecule has 0 unspecified atom stereocenters. The predicted octanol–water partition coefficient (Wildman–Crippen LogP) is 3.00. The molecule has 0 saturated heterocycles. The number of rotatable bonds is 7. The van der Waals surface area contributed by atoms with E-state index in [0.717, 1.165) is 12.1 Å². The third-order valence-electron chi connectivity index (χ3n) is 3.25. The molecular weight excluding hydrogens is 292 g/mol. The number of para-hydroxylation sites is 2. The van der Waals surface area contributed by atoms with Crippen LogP contribution in [0.4, 0.5) is 11.6 Å². The Morgan fingerprint density at radius 1 is 1.26 bits per heavy atom.